The smallest absolute Gasteiger partial charge is 0.374 e. The molecule has 0 aromatic carbocycles. The van der Waals surface area contributed by atoms with Crippen LogP contribution in [0.1, 0.15) is 160 Å². The molecule has 2 fully saturated rings. The highest BCUT2D eigenvalue weighted by molar-refractivity contribution is 8.77. The number of hydrogen-bond acceptors (Lipinski definition) is 20. The van der Waals surface area contributed by atoms with Gasteiger partial charge in [-0.15, -0.1) is 0 Å². The normalized spacial score (nSPS) is 20.8. The zero-order valence-corrected chi connectivity index (χ0v) is 61.6. The van der Waals surface area contributed by atoms with Gasteiger partial charge in [0, 0.05) is 148 Å². The standard InChI is InChI=1S/C54H114O12S8Si4/c1-13-55-75(56-14-2,57-15-3)43-25-35-69-73-39-33-51-47-49(27-29-53(51)67-41-45-77(61-19-7,62-20-8)63-21-9)31-37-71-72-38-32-50-28-30-54(68-42-46-78(64-22-10,65-23-11)66-24-12)52(48-50)34-40-74-70-36-26-44-76(58-16-4,59-17-5)60-18-6/h49-54H,13-48H2,1-12H3. The molecule has 0 bridgehead atoms. The van der Waals surface area contributed by atoms with Crippen LogP contribution in [0.5, 0.6) is 0 Å². The number of rotatable bonds is 55. The van der Waals surface area contributed by atoms with E-state index in [1.165, 1.54) is 87.2 Å². The van der Waals surface area contributed by atoms with Gasteiger partial charge in [-0.1, -0.05) is 64.8 Å². The minimum absolute atomic E-state index is 0.636. The Morgan fingerprint density at radius 2 is 0.526 bits per heavy atom. The lowest BCUT2D eigenvalue weighted by Gasteiger charge is -2.37. The van der Waals surface area contributed by atoms with Gasteiger partial charge < -0.3 is 53.1 Å². The van der Waals surface area contributed by atoms with Gasteiger partial charge in [0.05, 0.1) is 0 Å². The van der Waals surface area contributed by atoms with Crippen LogP contribution in [0.3, 0.4) is 0 Å². The Balaban J connectivity index is 1.96. The quantitative estimate of drug-likeness (QED) is 0.0327. The molecule has 2 rings (SSSR count). The molecular formula is C54H114O12S8Si4. The maximum absolute atomic E-state index is 6.25. The zero-order valence-electron chi connectivity index (χ0n) is 51.1. The predicted molar refractivity (Wildman–Crippen MR) is 358 cm³/mol. The van der Waals surface area contributed by atoms with E-state index < -0.39 is 35.2 Å². The van der Waals surface area contributed by atoms with Crippen molar-refractivity contribution < 1.29 is 53.1 Å². The van der Waals surface area contributed by atoms with Crippen molar-refractivity contribution in [1.29, 1.82) is 0 Å². The SMILES string of the molecule is CCO[Si](CCCSSCCC1CC(CCSSCCC2CCC(SCC[Si](OCC)(OCC)OCC)C(CCSSCCC[Si](OCC)(OCC)OCC)C2)CCC1SCC[Si](OCC)(OCC)OCC)(OCC)OCC. The van der Waals surface area contributed by atoms with Crippen molar-refractivity contribution in [2.24, 2.45) is 23.7 Å². The molecule has 2 aliphatic carbocycles. The van der Waals surface area contributed by atoms with Crippen LogP contribution in [0.2, 0.25) is 24.2 Å². The second-order valence-corrected chi connectivity index (χ2v) is 41.1. The monoisotopic (exact) mass is 1320 g/mol. The lowest BCUT2D eigenvalue weighted by atomic mass is 9.78. The molecule has 466 valence electrons. The van der Waals surface area contributed by atoms with Crippen molar-refractivity contribution in [3.05, 3.63) is 0 Å². The Kier molecular flexibility index (Phi) is 48.7. The van der Waals surface area contributed by atoms with Crippen molar-refractivity contribution in [3.63, 3.8) is 0 Å². The van der Waals surface area contributed by atoms with E-state index in [9.17, 15) is 0 Å². The molecule has 2 saturated carbocycles. The summed E-state index contributed by atoms with van der Waals surface area (Å²) < 4.78 is 74.2. The van der Waals surface area contributed by atoms with E-state index in [-0.39, 0.29) is 0 Å². The minimum atomic E-state index is -2.65. The molecule has 0 heterocycles. The van der Waals surface area contributed by atoms with Crippen LogP contribution in [0.25, 0.3) is 0 Å². The molecule has 0 spiro atoms. The summed E-state index contributed by atoms with van der Waals surface area (Å²) >= 11 is 4.35. The molecule has 0 aromatic heterocycles. The second-order valence-electron chi connectivity index (χ2n) is 19.4. The molecule has 0 N–H and O–H groups in total. The van der Waals surface area contributed by atoms with Gasteiger partial charge in [0.1, 0.15) is 0 Å². The largest absolute Gasteiger partial charge is 0.501 e. The van der Waals surface area contributed by atoms with Crippen molar-refractivity contribution >= 4 is 124 Å². The first-order valence-electron chi connectivity index (χ1n) is 30.7. The van der Waals surface area contributed by atoms with E-state index in [0.29, 0.717) is 89.8 Å². The topological polar surface area (TPSA) is 111 Å². The molecule has 78 heavy (non-hydrogen) atoms. The zero-order chi connectivity index (χ0) is 57.1. The summed E-state index contributed by atoms with van der Waals surface area (Å²) in [5, 5.41) is 1.37. The van der Waals surface area contributed by atoms with Gasteiger partial charge in [0.25, 0.3) is 0 Å². The van der Waals surface area contributed by atoms with Crippen LogP contribution in [-0.2, 0) is 53.1 Å². The molecule has 0 saturated heterocycles. The Morgan fingerprint density at radius 3 is 0.795 bits per heavy atom. The minimum Gasteiger partial charge on any atom is -0.374 e. The first-order valence-corrected chi connectivity index (χ1v) is 47.9. The van der Waals surface area contributed by atoms with Gasteiger partial charge in [-0.25, -0.2) is 0 Å². The van der Waals surface area contributed by atoms with E-state index in [1.807, 2.05) is 63.1 Å². The molecule has 0 radical (unpaired) electrons. The molecule has 6 unspecified atom stereocenters. The van der Waals surface area contributed by atoms with E-state index >= 15 is 0 Å². The van der Waals surface area contributed by atoms with Crippen LogP contribution in [0, 0.1) is 23.7 Å². The van der Waals surface area contributed by atoms with Crippen LogP contribution in [-0.4, -0.2) is 171 Å². The highest BCUT2D eigenvalue weighted by Crippen LogP contribution is 2.45. The van der Waals surface area contributed by atoms with Gasteiger partial charge in [-0.05, 0) is 195 Å². The lowest BCUT2D eigenvalue weighted by molar-refractivity contribution is 0.0704. The van der Waals surface area contributed by atoms with Crippen molar-refractivity contribution in [2.75, 3.05) is 125 Å². The third-order valence-electron chi connectivity index (χ3n) is 13.9. The maximum Gasteiger partial charge on any atom is 0.501 e. The summed E-state index contributed by atoms with van der Waals surface area (Å²) in [6, 6.07) is 3.55. The summed E-state index contributed by atoms with van der Waals surface area (Å²) in [4.78, 5) is 0. The third-order valence-corrected chi connectivity index (χ3v) is 37.5. The van der Waals surface area contributed by atoms with Gasteiger partial charge in [-0.2, -0.15) is 23.5 Å². The molecule has 6 atom stereocenters. The molecule has 24 heteroatoms. The van der Waals surface area contributed by atoms with Crippen molar-refractivity contribution in [3.8, 4) is 0 Å². The average Bonchev–Trinajstić information content (AvgIpc) is 3.41. The summed E-state index contributed by atoms with van der Waals surface area (Å²) in [5.41, 5.74) is 0. The summed E-state index contributed by atoms with van der Waals surface area (Å²) in [5.74, 6) is 12.3. The fraction of sp³-hybridized carbons (Fsp3) is 1.00. The highest BCUT2D eigenvalue weighted by atomic mass is 33.1. The average molecular weight is 1320 g/mol. The molecule has 0 aliphatic heterocycles. The first-order chi connectivity index (χ1) is 38.0. The summed E-state index contributed by atoms with van der Waals surface area (Å²) in [6.45, 7) is 32.3. The van der Waals surface area contributed by atoms with E-state index in [2.05, 4.69) is 108 Å². The van der Waals surface area contributed by atoms with E-state index in [1.54, 1.807) is 0 Å². The Bertz CT molecular complexity index is 1230. The van der Waals surface area contributed by atoms with Crippen molar-refractivity contribution in [1.82, 2.24) is 0 Å². The summed E-state index contributed by atoms with van der Waals surface area (Å²) in [7, 11) is 1.98. The Morgan fingerprint density at radius 1 is 0.282 bits per heavy atom. The van der Waals surface area contributed by atoms with Crippen LogP contribution >= 0.6 is 88.3 Å². The lowest BCUT2D eigenvalue weighted by Crippen LogP contribution is -2.46. The first kappa shape index (κ1) is 77.3. The van der Waals surface area contributed by atoms with Crippen LogP contribution < -0.4 is 0 Å². The van der Waals surface area contributed by atoms with Crippen LogP contribution in [0.4, 0.5) is 0 Å². The second kappa shape index (κ2) is 49.1. The Labute approximate surface area is 516 Å². The molecule has 0 amide bonds. The van der Waals surface area contributed by atoms with Crippen LogP contribution in [0.15, 0.2) is 0 Å². The maximum atomic E-state index is 6.25. The Hall–Kier alpha value is 3.19. The van der Waals surface area contributed by atoms with E-state index in [0.717, 1.165) is 83.7 Å². The number of hydrogen-bond donors (Lipinski definition) is 0. The fourth-order valence-corrected chi connectivity index (χ4v) is 32.6. The third kappa shape index (κ3) is 32.4. The van der Waals surface area contributed by atoms with Crippen molar-refractivity contribution in [2.45, 2.75) is 195 Å². The highest BCUT2D eigenvalue weighted by Gasteiger charge is 2.44. The predicted octanol–water partition coefficient (Wildman–Crippen LogP) is 16.7. The molecule has 12 nitrogen and oxygen atoms in total. The number of thioether (sulfide) groups is 2. The molecular weight excluding hydrogens is 1210 g/mol. The summed E-state index contributed by atoms with van der Waals surface area (Å²) in [6.07, 6.45) is 15.4. The van der Waals surface area contributed by atoms with E-state index in [4.69, 9.17) is 53.1 Å². The molecule has 0 aromatic rings. The molecule has 2 aliphatic rings. The van der Waals surface area contributed by atoms with Gasteiger partial charge >= 0.3 is 35.2 Å². The van der Waals surface area contributed by atoms with Gasteiger partial charge in [0.15, 0.2) is 0 Å². The van der Waals surface area contributed by atoms with Gasteiger partial charge in [0.2, 0.25) is 0 Å². The van der Waals surface area contributed by atoms with Gasteiger partial charge in [-0.3, -0.25) is 0 Å². The fourth-order valence-electron chi connectivity index (χ4n) is 10.8.